The highest BCUT2D eigenvalue weighted by molar-refractivity contribution is 8.00. The molecule has 3 heterocycles. The van der Waals surface area contributed by atoms with E-state index in [0.717, 1.165) is 28.1 Å². The van der Waals surface area contributed by atoms with Gasteiger partial charge < -0.3 is 0 Å². The largest absolute Gasteiger partial charge is 0.253 e. The van der Waals surface area contributed by atoms with E-state index in [-0.39, 0.29) is 5.92 Å². The Morgan fingerprint density at radius 1 is 0.648 bits per heavy atom. The van der Waals surface area contributed by atoms with Crippen molar-refractivity contribution in [3.8, 4) is 11.1 Å². The van der Waals surface area contributed by atoms with Crippen LogP contribution in [0, 0.1) is 6.92 Å². The molecule has 1 aliphatic heterocycles. The van der Waals surface area contributed by atoms with Gasteiger partial charge in [0, 0.05) is 68.7 Å². The van der Waals surface area contributed by atoms with Gasteiger partial charge in [-0.1, -0.05) is 202 Å². The lowest BCUT2D eigenvalue weighted by Gasteiger charge is -2.20. The first-order valence-corrected chi connectivity index (χ1v) is 27.0. The number of aliphatic imine (C=N–C) groups is 1. The molecule has 0 fully saturated rings. The van der Waals surface area contributed by atoms with Crippen molar-refractivity contribution in [3.63, 3.8) is 0 Å². The molecule has 11 aromatic rings. The molecule has 3 unspecified atom stereocenters. The normalized spacial score (nSPS) is 16.3. The number of hydrogen-bond donors (Lipinski definition) is 0. The second-order valence-electron chi connectivity index (χ2n) is 19.0. The Labute approximate surface area is 427 Å². The number of benzene rings is 9. The van der Waals surface area contributed by atoms with Crippen LogP contribution in [0.5, 0.6) is 0 Å². The van der Waals surface area contributed by atoms with Crippen molar-refractivity contribution in [1.82, 2.24) is 0 Å². The Bertz CT molecular complexity index is 4150. The van der Waals surface area contributed by atoms with E-state index in [2.05, 4.69) is 227 Å². The standard InChI is InChI=1S/C67H49NS3/c1-5-43(29-35-60(48-28-31-57-55-23-13-15-25-62(55)70-64(57)39-48)68-42(4)45-27-30-56-54-22-12-14-24-61(54)69-63(56)38-45)51-34-33-50(67-65(51)58-32-26-44-16-8-9-20-52(44)66(58)71-67)41(3)49-19-10-11-21-53(49)59-37-47-18-7-6-17-46(47)36-40(59)2/h5-34,36-39,41,56,63H,1,4,35H2,2-3H3/b43-29-,68-60?. The summed E-state index contributed by atoms with van der Waals surface area (Å²) in [6.07, 6.45) is 12.0. The first-order valence-electron chi connectivity index (χ1n) is 24.5. The third kappa shape index (κ3) is 7.56. The Kier molecular flexibility index (Phi) is 11.0. The van der Waals surface area contributed by atoms with Gasteiger partial charge in [-0.2, -0.15) is 0 Å². The predicted molar refractivity (Wildman–Crippen MR) is 312 cm³/mol. The number of nitrogens with zero attached hydrogens (tertiary/aromatic N) is 1. The summed E-state index contributed by atoms with van der Waals surface area (Å²) < 4.78 is 5.19. The smallest absolute Gasteiger partial charge is 0.0631 e. The van der Waals surface area contributed by atoms with Gasteiger partial charge in [0.2, 0.25) is 0 Å². The van der Waals surface area contributed by atoms with Crippen molar-refractivity contribution in [3.05, 3.63) is 264 Å². The average molecular weight is 964 g/mol. The zero-order valence-corrected chi connectivity index (χ0v) is 42.1. The van der Waals surface area contributed by atoms with Crippen molar-refractivity contribution in [2.45, 2.75) is 42.2 Å². The minimum Gasteiger partial charge on any atom is -0.253 e. The summed E-state index contributed by atoms with van der Waals surface area (Å²) in [7, 11) is 0. The highest BCUT2D eigenvalue weighted by Gasteiger charge is 2.32. The maximum atomic E-state index is 5.48. The molecule has 1 aliphatic carbocycles. The number of hydrogen-bond acceptors (Lipinski definition) is 4. The molecule has 13 rings (SSSR count). The van der Waals surface area contributed by atoms with Crippen LogP contribution in [-0.4, -0.2) is 11.0 Å². The van der Waals surface area contributed by atoms with Gasteiger partial charge in [-0.25, -0.2) is 0 Å². The maximum absolute atomic E-state index is 5.48. The van der Waals surface area contributed by atoms with E-state index in [9.17, 15) is 0 Å². The molecular weight excluding hydrogens is 915 g/mol. The van der Waals surface area contributed by atoms with Crippen LogP contribution in [0.1, 0.15) is 58.6 Å². The zero-order valence-electron chi connectivity index (χ0n) is 39.7. The Balaban J connectivity index is 0.935. The molecule has 4 heteroatoms. The summed E-state index contributed by atoms with van der Waals surface area (Å²) in [6, 6.07) is 65.0. The topological polar surface area (TPSA) is 12.4 Å². The van der Waals surface area contributed by atoms with Crippen molar-refractivity contribution in [2.75, 3.05) is 0 Å². The highest BCUT2D eigenvalue weighted by atomic mass is 32.2. The molecule has 0 amide bonds. The van der Waals surface area contributed by atoms with Crippen LogP contribution in [0.15, 0.2) is 241 Å². The number of allylic oxidation sites excluding steroid dienone is 5. The lowest BCUT2D eigenvalue weighted by molar-refractivity contribution is 0.873. The second-order valence-corrected chi connectivity index (χ2v) is 22.3. The number of thiophene rings is 2. The third-order valence-electron chi connectivity index (χ3n) is 14.9. The van der Waals surface area contributed by atoms with Crippen LogP contribution in [0.3, 0.4) is 0 Å². The Morgan fingerprint density at radius 3 is 2.25 bits per heavy atom. The lowest BCUT2D eigenvalue weighted by atomic mass is 9.84. The zero-order chi connectivity index (χ0) is 47.7. The maximum Gasteiger partial charge on any atom is 0.0631 e. The fourth-order valence-electron chi connectivity index (χ4n) is 11.3. The van der Waals surface area contributed by atoms with Crippen molar-refractivity contribution in [1.29, 1.82) is 0 Å². The van der Waals surface area contributed by atoms with E-state index in [1.54, 1.807) is 0 Å². The fraction of sp³-hybridized carbons (Fsp3) is 0.0896. The van der Waals surface area contributed by atoms with Gasteiger partial charge in [0.1, 0.15) is 0 Å². The van der Waals surface area contributed by atoms with Gasteiger partial charge in [0.25, 0.3) is 0 Å². The van der Waals surface area contributed by atoms with Crippen LogP contribution < -0.4 is 0 Å². The van der Waals surface area contributed by atoms with E-state index in [0.29, 0.717) is 17.6 Å². The summed E-state index contributed by atoms with van der Waals surface area (Å²) >= 11 is 5.72. The molecule has 3 atom stereocenters. The summed E-state index contributed by atoms with van der Waals surface area (Å²) in [6.45, 7) is 13.8. The minimum absolute atomic E-state index is 0.118. The van der Waals surface area contributed by atoms with E-state index in [4.69, 9.17) is 4.99 Å². The van der Waals surface area contributed by atoms with Gasteiger partial charge in [-0.3, -0.25) is 4.99 Å². The van der Waals surface area contributed by atoms with Gasteiger partial charge in [0.15, 0.2) is 0 Å². The molecule has 0 N–H and O–H groups in total. The average Bonchev–Trinajstić information content (AvgIpc) is 4.12. The number of thioether (sulfide) groups is 1. The van der Waals surface area contributed by atoms with Crippen LogP contribution in [-0.2, 0) is 0 Å². The first kappa shape index (κ1) is 43.7. The molecule has 0 saturated heterocycles. The van der Waals surface area contributed by atoms with Crippen molar-refractivity contribution < 1.29 is 0 Å². The molecular formula is C67H49NS3. The van der Waals surface area contributed by atoms with E-state index >= 15 is 0 Å². The quantitative estimate of drug-likeness (QED) is 0.0983. The lowest BCUT2D eigenvalue weighted by Crippen LogP contribution is -2.10. The SMILES string of the molecule is C=C/C(=C/CC(=NC(=C)C1=CC2Sc3ccccc3C2C=C1)c1ccc2c(c1)sc1ccccc12)c1ccc(C(C)c2ccccc2-c2cc3ccccc3cc2C)c2sc3c4ccccc4ccc3c12. The van der Waals surface area contributed by atoms with Crippen molar-refractivity contribution in [2.24, 2.45) is 4.99 Å². The summed E-state index contributed by atoms with van der Waals surface area (Å²) in [5.74, 6) is 0.485. The molecule has 2 aromatic heterocycles. The van der Waals surface area contributed by atoms with E-state index in [1.807, 2.05) is 40.5 Å². The molecule has 0 saturated carbocycles. The summed E-state index contributed by atoms with van der Waals surface area (Å²) in [5, 5.41) is 10.5. The number of aryl methyl sites for hydroxylation is 1. The van der Waals surface area contributed by atoms with Gasteiger partial charge in [-0.15, -0.1) is 34.4 Å². The fourth-order valence-corrected chi connectivity index (χ4v) is 15.3. The Hall–Kier alpha value is -7.34. The van der Waals surface area contributed by atoms with Crippen LogP contribution in [0.2, 0.25) is 0 Å². The molecule has 340 valence electrons. The second kappa shape index (κ2) is 17.8. The molecule has 9 aromatic carbocycles. The number of fused-ring (bicyclic) bond motifs is 12. The van der Waals surface area contributed by atoms with Crippen LogP contribution in [0.25, 0.3) is 78.6 Å². The highest BCUT2D eigenvalue weighted by Crippen LogP contribution is 2.50. The van der Waals surface area contributed by atoms with Crippen LogP contribution in [0.4, 0.5) is 0 Å². The van der Waals surface area contributed by atoms with Gasteiger partial charge in [0.05, 0.1) is 11.4 Å². The summed E-state index contributed by atoms with van der Waals surface area (Å²) in [4.78, 5) is 6.84. The molecule has 2 aliphatic rings. The molecule has 0 bridgehead atoms. The van der Waals surface area contributed by atoms with Crippen LogP contribution >= 0.6 is 34.4 Å². The summed E-state index contributed by atoms with van der Waals surface area (Å²) in [5.41, 5.74) is 14.2. The number of rotatable bonds is 10. The minimum atomic E-state index is 0.118. The molecule has 71 heavy (non-hydrogen) atoms. The van der Waals surface area contributed by atoms with E-state index < -0.39 is 0 Å². The van der Waals surface area contributed by atoms with Gasteiger partial charge >= 0.3 is 0 Å². The molecule has 1 nitrogen and oxygen atoms in total. The third-order valence-corrected chi connectivity index (χ3v) is 18.6. The predicted octanol–water partition coefficient (Wildman–Crippen LogP) is 19.6. The molecule has 0 radical (unpaired) electrons. The van der Waals surface area contributed by atoms with Gasteiger partial charge in [-0.05, 0) is 108 Å². The van der Waals surface area contributed by atoms with E-state index in [1.165, 1.54) is 106 Å². The first-order chi connectivity index (χ1) is 34.9. The van der Waals surface area contributed by atoms with Crippen molar-refractivity contribution >= 4 is 108 Å². The monoisotopic (exact) mass is 963 g/mol. The Morgan fingerprint density at radius 2 is 1.38 bits per heavy atom. The molecule has 0 spiro atoms.